The van der Waals surface area contributed by atoms with Gasteiger partial charge in [0.15, 0.2) is 0 Å². The van der Waals surface area contributed by atoms with Crippen molar-refractivity contribution >= 4 is 5.97 Å². The second-order valence-electron chi connectivity index (χ2n) is 5.33. The first-order valence-electron chi connectivity index (χ1n) is 6.92. The Morgan fingerprint density at radius 1 is 1.40 bits per heavy atom. The van der Waals surface area contributed by atoms with Crippen LogP contribution in [0.5, 0.6) is 0 Å². The molecule has 0 unspecified atom stereocenters. The highest BCUT2D eigenvalue weighted by Gasteiger charge is 2.26. The number of aliphatic hydroxyl groups is 1. The maximum Gasteiger partial charge on any atom is 0.320 e. The van der Waals surface area contributed by atoms with E-state index in [1.165, 1.54) is 0 Å². The molecule has 1 aromatic rings. The Balaban J connectivity index is 1.68. The van der Waals surface area contributed by atoms with E-state index in [1.54, 1.807) is 0 Å². The quantitative estimate of drug-likeness (QED) is 0.730. The molecule has 1 saturated heterocycles. The highest BCUT2D eigenvalue weighted by atomic mass is 16.5. The lowest BCUT2D eigenvalue weighted by Gasteiger charge is -2.21. The zero-order chi connectivity index (χ0) is 14.4. The zero-order valence-corrected chi connectivity index (χ0v) is 11.8. The molecule has 0 saturated carbocycles. The van der Waals surface area contributed by atoms with Crippen LogP contribution in [-0.2, 0) is 16.1 Å². The fourth-order valence-electron chi connectivity index (χ4n) is 2.37. The monoisotopic (exact) mass is 278 g/mol. The number of carbonyl (C=O) groups is 1. The number of nitrogens with one attached hydrogen (secondary N) is 1. The lowest BCUT2D eigenvalue weighted by molar-refractivity contribution is -0.146. The average Bonchev–Trinajstić information content (AvgIpc) is 2.83. The summed E-state index contributed by atoms with van der Waals surface area (Å²) in [5.41, 5.74) is 0.985. The van der Waals surface area contributed by atoms with Gasteiger partial charge >= 0.3 is 5.97 Å². The highest BCUT2D eigenvalue weighted by molar-refractivity contribution is 5.71. The summed E-state index contributed by atoms with van der Waals surface area (Å²) in [5.74, 6) is -0.0567. The molecule has 1 aromatic carbocycles. The molecule has 1 fully saturated rings. The Kier molecular flexibility index (Phi) is 5.52. The Labute approximate surface area is 119 Å². The van der Waals surface area contributed by atoms with E-state index in [9.17, 15) is 9.90 Å². The lowest BCUT2D eigenvalue weighted by atomic mass is 10.1. The van der Waals surface area contributed by atoms with Gasteiger partial charge in [0.05, 0.1) is 12.6 Å². The van der Waals surface area contributed by atoms with E-state index in [-0.39, 0.29) is 24.5 Å². The molecule has 110 valence electrons. The third kappa shape index (κ3) is 4.59. The predicted octanol–water partition coefficient (Wildman–Crippen LogP) is 0.242. The van der Waals surface area contributed by atoms with Gasteiger partial charge in [-0.1, -0.05) is 30.3 Å². The van der Waals surface area contributed by atoms with Gasteiger partial charge in [-0.25, -0.2) is 0 Å². The summed E-state index contributed by atoms with van der Waals surface area (Å²) in [6.45, 7) is 2.67. The fourth-order valence-corrected chi connectivity index (χ4v) is 2.37. The molecule has 0 amide bonds. The van der Waals surface area contributed by atoms with Crippen LogP contribution in [0.1, 0.15) is 5.56 Å². The van der Waals surface area contributed by atoms with Crippen LogP contribution in [-0.4, -0.2) is 55.3 Å². The maximum absolute atomic E-state index is 11.7. The summed E-state index contributed by atoms with van der Waals surface area (Å²) in [6, 6.07) is 9.63. The molecule has 5 heteroatoms. The number of hydrogen-bond donors (Lipinski definition) is 2. The lowest BCUT2D eigenvalue weighted by Crippen LogP contribution is -2.35. The van der Waals surface area contributed by atoms with Crippen molar-refractivity contribution in [1.29, 1.82) is 0 Å². The molecule has 5 nitrogen and oxygen atoms in total. The number of benzene rings is 1. The van der Waals surface area contributed by atoms with E-state index >= 15 is 0 Å². The van der Waals surface area contributed by atoms with Gasteiger partial charge in [-0.3, -0.25) is 9.69 Å². The molecule has 0 aromatic heterocycles. The van der Waals surface area contributed by atoms with Gasteiger partial charge in [0.25, 0.3) is 0 Å². The minimum atomic E-state index is -0.321. The van der Waals surface area contributed by atoms with Crippen LogP contribution >= 0.6 is 0 Å². The highest BCUT2D eigenvalue weighted by Crippen LogP contribution is 2.10. The molecule has 2 atom stereocenters. The summed E-state index contributed by atoms with van der Waals surface area (Å²) in [6.07, 6.45) is -0.321. The van der Waals surface area contributed by atoms with Crippen molar-refractivity contribution in [3.8, 4) is 0 Å². The zero-order valence-electron chi connectivity index (χ0n) is 11.8. The van der Waals surface area contributed by atoms with Crippen molar-refractivity contribution in [2.75, 3.05) is 33.2 Å². The number of β-amino-alcohol motifs (C(OH)–C–C–N with tert-alkyl or cyclic N) is 1. The van der Waals surface area contributed by atoms with E-state index in [1.807, 2.05) is 42.3 Å². The summed E-state index contributed by atoms with van der Waals surface area (Å²) in [7, 11) is 1.87. The Morgan fingerprint density at radius 3 is 2.80 bits per heavy atom. The standard InChI is InChI=1S/C15H22N2O3/c1-17(9-13-7-16-8-14(13)18)10-15(19)20-11-12-5-3-2-4-6-12/h2-6,13-14,16,18H,7-11H2,1H3/t13-,14+/m1/s1. The second-order valence-corrected chi connectivity index (χ2v) is 5.33. The van der Waals surface area contributed by atoms with Gasteiger partial charge in [0.1, 0.15) is 6.61 Å². The number of rotatable bonds is 6. The average molecular weight is 278 g/mol. The van der Waals surface area contributed by atoms with Crippen LogP contribution in [0.2, 0.25) is 0 Å². The van der Waals surface area contributed by atoms with Crippen LogP contribution in [0.15, 0.2) is 30.3 Å². The first-order chi connectivity index (χ1) is 9.65. The number of nitrogens with zero attached hydrogens (tertiary/aromatic N) is 1. The third-order valence-corrected chi connectivity index (χ3v) is 3.49. The molecule has 2 N–H and O–H groups in total. The molecule has 0 spiro atoms. The van der Waals surface area contributed by atoms with Crippen molar-refractivity contribution in [2.24, 2.45) is 5.92 Å². The normalized spacial score (nSPS) is 22.1. The molecule has 2 rings (SSSR count). The SMILES string of the molecule is CN(CC(=O)OCc1ccccc1)C[C@H]1CNC[C@@H]1O. The molecule has 20 heavy (non-hydrogen) atoms. The van der Waals surface area contributed by atoms with E-state index < -0.39 is 0 Å². The number of likely N-dealkylation sites (N-methyl/N-ethyl adjacent to an activating group) is 1. The van der Waals surface area contributed by atoms with Gasteiger partial charge in [-0.15, -0.1) is 0 Å². The van der Waals surface area contributed by atoms with E-state index in [0.717, 1.165) is 12.1 Å². The largest absolute Gasteiger partial charge is 0.460 e. The minimum Gasteiger partial charge on any atom is -0.460 e. The minimum absolute atomic E-state index is 0.182. The smallest absolute Gasteiger partial charge is 0.320 e. The first-order valence-corrected chi connectivity index (χ1v) is 6.92. The van der Waals surface area contributed by atoms with E-state index in [4.69, 9.17) is 4.74 Å². The van der Waals surface area contributed by atoms with Crippen molar-refractivity contribution in [1.82, 2.24) is 10.2 Å². The third-order valence-electron chi connectivity index (χ3n) is 3.49. The Hall–Kier alpha value is -1.43. The number of hydrogen-bond acceptors (Lipinski definition) is 5. The summed E-state index contributed by atoms with van der Waals surface area (Å²) in [4.78, 5) is 13.6. The summed E-state index contributed by atoms with van der Waals surface area (Å²) in [5, 5.41) is 12.9. The van der Waals surface area contributed by atoms with E-state index in [0.29, 0.717) is 19.7 Å². The van der Waals surface area contributed by atoms with Crippen LogP contribution in [0.4, 0.5) is 0 Å². The molecular formula is C15H22N2O3. The van der Waals surface area contributed by atoms with Crippen LogP contribution in [0.3, 0.4) is 0 Å². The predicted molar refractivity (Wildman–Crippen MR) is 76.1 cm³/mol. The maximum atomic E-state index is 11.7. The molecule has 1 aliphatic rings. The van der Waals surface area contributed by atoms with Crippen LogP contribution in [0, 0.1) is 5.92 Å². The van der Waals surface area contributed by atoms with E-state index in [2.05, 4.69) is 5.32 Å². The molecule has 0 bridgehead atoms. The van der Waals surface area contributed by atoms with Crippen LogP contribution in [0.25, 0.3) is 0 Å². The van der Waals surface area contributed by atoms with Gasteiger partial charge < -0.3 is 15.2 Å². The van der Waals surface area contributed by atoms with Gasteiger partial charge in [-0.05, 0) is 12.6 Å². The second kappa shape index (κ2) is 7.38. The van der Waals surface area contributed by atoms with Crippen molar-refractivity contribution in [2.45, 2.75) is 12.7 Å². The van der Waals surface area contributed by atoms with Crippen molar-refractivity contribution in [3.63, 3.8) is 0 Å². The van der Waals surface area contributed by atoms with Crippen LogP contribution < -0.4 is 5.32 Å². The first kappa shape index (κ1) is 15.0. The Morgan fingerprint density at radius 2 is 2.15 bits per heavy atom. The number of aliphatic hydroxyl groups excluding tert-OH is 1. The topological polar surface area (TPSA) is 61.8 Å². The Bertz CT molecular complexity index is 424. The van der Waals surface area contributed by atoms with Crippen molar-refractivity contribution in [3.05, 3.63) is 35.9 Å². The number of ether oxygens (including phenoxy) is 1. The molecule has 1 aliphatic heterocycles. The molecule has 1 heterocycles. The number of carbonyl (C=O) groups excluding carboxylic acids is 1. The molecule has 0 aliphatic carbocycles. The van der Waals surface area contributed by atoms with Gasteiger partial charge in [-0.2, -0.15) is 0 Å². The van der Waals surface area contributed by atoms with Gasteiger partial charge in [0, 0.05) is 25.6 Å². The molecular weight excluding hydrogens is 256 g/mol. The van der Waals surface area contributed by atoms with Crippen molar-refractivity contribution < 1.29 is 14.6 Å². The van der Waals surface area contributed by atoms with Gasteiger partial charge in [0.2, 0.25) is 0 Å². The number of esters is 1. The summed E-state index contributed by atoms with van der Waals surface area (Å²) >= 11 is 0. The summed E-state index contributed by atoms with van der Waals surface area (Å²) < 4.78 is 5.23. The fraction of sp³-hybridized carbons (Fsp3) is 0.533. The molecule has 0 radical (unpaired) electrons.